The zero-order valence-corrected chi connectivity index (χ0v) is 11.1. The Morgan fingerprint density at radius 3 is 2.83 bits per heavy atom. The molecule has 3 unspecified atom stereocenters. The van der Waals surface area contributed by atoms with Crippen molar-refractivity contribution in [2.75, 3.05) is 13.2 Å². The Morgan fingerprint density at radius 1 is 1.44 bits per heavy atom. The van der Waals surface area contributed by atoms with Crippen molar-refractivity contribution in [1.29, 1.82) is 0 Å². The smallest absolute Gasteiger partial charge is 0.245 e. The van der Waals surface area contributed by atoms with E-state index in [1.165, 1.54) is 0 Å². The second-order valence-corrected chi connectivity index (χ2v) is 5.16. The van der Waals surface area contributed by atoms with Crippen LogP contribution in [-0.4, -0.2) is 48.1 Å². The molecule has 18 heavy (non-hydrogen) atoms. The van der Waals surface area contributed by atoms with E-state index in [0.717, 1.165) is 32.3 Å². The predicted octanol–water partition coefficient (Wildman–Crippen LogP) is 0.681. The molecule has 2 rings (SSSR count). The van der Waals surface area contributed by atoms with Crippen LogP contribution in [0.3, 0.4) is 0 Å². The van der Waals surface area contributed by atoms with Gasteiger partial charge >= 0.3 is 0 Å². The second-order valence-electron chi connectivity index (χ2n) is 5.16. The van der Waals surface area contributed by atoms with Gasteiger partial charge in [0.25, 0.3) is 0 Å². The van der Waals surface area contributed by atoms with E-state index >= 15 is 0 Å². The van der Waals surface area contributed by atoms with Gasteiger partial charge < -0.3 is 15.0 Å². The highest BCUT2D eigenvalue weighted by Gasteiger charge is 2.39. The van der Waals surface area contributed by atoms with Crippen LogP contribution in [0.5, 0.6) is 0 Å². The van der Waals surface area contributed by atoms with Crippen LogP contribution in [0.15, 0.2) is 0 Å². The van der Waals surface area contributed by atoms with E-state index in [9.17, 15) is 9.59 Å². The molecule has 2 aliphatic heterocycles. The maximum absolute atomic E-state index is 12.2. The largest absolute Gasteiger partial charge is 0.376 e. The number of carbonyl (C=O) groups is 2. The zero-order valence-electron chi connectivity index (χ0n) is 11.1. The molecule has 2 heterocycles. The summed E-state index contributed by atoms with van der Waals surface area (Å²) in [6.07, 6.45) is 3.75. The normalized spacial score (nSPS) is 32.8. The standard InChI is InChI=1S/C13H22N2O3/c1-3-5-11-12(16)14-9(2)13(17)15(11)8-10-6-4-7-18-10/h9-11H,3-8H2,1-2H3,(H,14,16). The summed E-state index contributed by atoms with van der Waals surface area (Å²) in [5.74, 6) is -0.00880. The van der Waals surface area contributed by atoms with Gasteiger partial charge in [-0.15, -0.1) is 0 Å². The molecule has 0 spiro atoms. The average Bonchev–Trinajstić information content (AvgIpc) is 2.83. The van der Waals surface area contributed by atoms with Crippen LogP contribution in [0.1, 0.15) is 39.5 Å². The van der Waals surface area contributed by atoms with Crippen molar-refractivity contribution in [3.63, 3.8) is 0 Å². The van der Waals surface area contributed by atoms with Gasteiger partial charge in [-0.3, -0.25) is 9.59 Å². The van der Waals surface area contributed by atoms with Crippen LogP contribution < -0.4 is 5.32 Å². The van der Waals surface area contributed by atoms with E-state index < -0.39 is 6.04 Å². The maximum atomic E-state index is 12.2. The minimum absolute atomic E-state index is 0.0172. The fraction of sp³-hybridized carbons (Fsp3) is 0.846. The molecule has 0 aromatic heterocycles. The SMILES string of the molecule is CCCC1C(=O)NC(C)C(=O)N1CC1CCCO1. The molecule has 0 saturated carbocycles. The van der Waals surface area contributed by atoms with Crippen LogP contribution in [0.4, 0.5) is 0 Å². The summed E-state index contributed by atoms with van der Waals surface area (Å²) >= 11 is 0. The van der Waals surface area contributed by atoms with Crippen molar-refractivity contribution in [2.45, 2.75) is 57.7 Å². The van der Waals surface area contributed by atoms with Crippen molar-refractivity contribution in [2.24, 2.45) is 0 Å². The Kier molecular flexibility index (Phi) is 4.22. The van der Waals surface area contributed by atoms with Crippen molar-refractivity contribution in [1.82, 2.24) is 10.2 Å². The van der Waals surface area contributed by atoms with Crippen molar-refractivity contribution >= 4 is 11.8 Å². The zero-order chi connectivity index (χ0) is 13.1. The van der Waals surface area contributed by atoms with Crippen molar-refractivity contribution in [3.05, 3.63) is 0 Å². The first-order valence-electron chi connectivity index (χ1n) is 6.86. The molecule has 2 saturated heterocycles. The summed E-state index contributed by atoms with van der Waals surface area (Å²) in [4.78, 5) is 25.9. The summed E-state index contributed by atoms with van der Waals surface area (Å²) < 4.78 is 5.58. The molecular formula is C13H22N2O3. The number of rotatable bonds is 4. The van der Waals surface area contributed by atoms with Crippen LogP contribution in [0, 0.1) is 0 Å². The number of piperazine rings is 1. The predicted molar refractivity (Wildman–Crippen MR) is 67.0 cm³/mol. The molecule has 0 aromatic rings. The van der Waals surface area contributed by atoms with Gasteiger partial charge in [0, 0.05) is 13.2 Å². The minimum atomic E-state index is -0.410. The number of ether oxygens (including phenoxy) is 1. The lowest BCUT2D eigenvalue weighted by Gasteiger charge is -2.39. The molecule has 2 fully saturated rings. The van der Waals surface area contributed by atoms with Gasteiger partial charge in [-0.05, 0) is 26.2 Å². The molecule has 102 valence electrons. The molecule has 5 nitrogen and oxygen atoms in total. The molecule has 0 aromatic carbocycles. The molecule has 0 aliphatic carbocycles. The first kappa shape index (κ1) is 13.3. The minimum Gasteiger partial charge on any atom is -0.376 e. The summed E-state index contributed by atoms with van der Waals surface area (Å²) in [6, 6.07) is -0.727. The Labute approximate surface area is 108 Å². The number of amides is 2. The summed E-state index contributed by atoms with van der Waals surface area (Å²) in [6.45, 7) is 5.10. The highest BCUT2D eigenvalue weighted by atomic mass is 16.5. The van der Waals surface area contributed by atoms with Crippen molar-refractivity contribution < 1.29 is 14.3 Å². The molecule has 1 N–H and O–H groups in total. The fourth-order valence-electron chi connectivity index (χ4n) is 2.70. The number of nitrogens with zero attached hydrogens (tertiary/aromatic N) is 1. The van der Waals surface area contributed by atoms with Crippen LogP contribution >= 0.6 is 0 Å². The van der Waals surface area contributed by atoms with Crippen LogP contribution in [0.25, 0.3) is 0 Å². The number of hydrogen-bond donors (Lipinski definition) is 1. The molecule has 3 atom stereocenters. The van der Waals surface area contributed by atoms with Gasteiger partial charge in [0.05, 0.1) is 6.10 Å². The average molecular weight is 254 g/mol. The van der Waals surface area contributed by atoms with Gasteiger partial charge in [-0.1, -0.05) is 13.3 Å². The maximum Gasteiger partial charge on any atom is 0.245 e. The van der Waals surface area contributed by atoms with E-state index in [1.54, 1.807) is 11.8 Å². The van der Waals surface area contributed by atoms with Gasteiger partial charge in [0.2, 0.25) is 11.8 Å². The first-order chi connectivity index (χ1) is 8.63. The van der Waals surface area contributed by atoms with Crippen LogP contribution in [0.2, 0.25) is 0 Å². The van der Waals surface area contributed by atoms with Gasteiger partial charge in [0.15, 0.2) is 0 Å². The summed E-state index contributed by atoms with van der Waals surface area (Å²) in [5, 5.41) is 2.75. The Morgan fingerprint density at radius 2 is 2.22 bits per heavy atom. The molecule has 5 heteroatoms. The topological polar surface area (TPSA) is 58.6 Å². The van der Waals surface area contributed by atoms with Gasteiger partial charge in [-0.2, -0.15) is 0 Å². The Balaban J connectivity index is 2.08. The first-order valence-corrected chi connectivity index (χ1v) is 6.86. The third kappa shape index (κ3) is 2.66. The van der Waals surface area contributed by atoms with Gasteiger partial charge in [0.1, 0.15) is 12.1 Å². The number of hydrogen-bond acceptors (Lipinski definition) is 3. The highest BCUT2D eigenvalue weighted by molar-refractivity contribution is 5.96. The Hall–Kier alpha value is -1.10. The van der Waals surface area contributed by atoms with E-state index in [4.69, 9.17) is 4.74 Å². The van der Waals surface area contributed by atoms with E-state index in [1.807, 2.05) is 6.92 Å². The summed E-state index contributed by atoms with van der Waals surface area (Å²) in [7, 11) is 0. The van der Waals surface area contributed by atoms with Crippen molar-refractivity contribution in [3.8, 4) is 0 Å². The van der Waals surface area contributed by atoms with E-state index in [0.29, 0.717) is 6.54 Å². The second kappa shape index (κ2) is 5.69. The number of carbonyl (C=O) groups excluding carboxylic acids is 2. The van der Waals surface area contributed by atoms with E-state index in [-0.39, 0.29) is 24.0 Å². The van der Waals surface area contributed by atoms with Gasteiger partial charge in [-0.25, -0.2) is 0 Å². The third-order valence-electron chi connectivity index (χ3n) is 3.68. The molecule has 0 bridgehead atoms. The molecule has 0 radical (unpaired) electrons. The summed E-state index contributed by atoms with van der Waals surface area (Å²) in [5.41, 5.74) is 0. The lowest BCUT2D eigenvalue weighted by Crippen LogP contribution is -2.63. The number of nitrogens with one attached hydrogen (secondary N) is 1. The molecule has 2 amide bonds. The monoisotopic (exact) mass is 254 g/mol. The lowest BCUT2D eigenvalue weighted by molar-refractivity contribution is -0.150. The molecular weight excluding hydrogens is 232 g/mol. The van der Waals surface area contributed by atoms with E-state index in [2.05, 4.69) is 5.32 Å². The molecule has 2 aliphatic rings. The lowest BCUT2D eigenvalue weighted by atomic mass is 10.0. The third-order valence-corrected chi connectivity index (χ3v) is 3.68. The fourth-order valence-corrected chi connectivity index (χ4v) is 2.70. The Bertz CT molecular complexity index is 326. The quantitative estimate of drug-likeness (QED) is 0.802. The highest BCUT2D eigenvalue weighted by Crippen LogP contribution is 2.20. The van der Waals surface area contributed by atoms with Crippen LogP contribution in [-0.2, 0) is 14.3 Å².